The van der Waals surface area contributed by atoms with Gasteiger partial charge in [-0.25, -0.2) is 0 Å². The van der Waals surface area contributed by atoms with Gasteiger partial charge in [-0.15, -0.1) is 0 Å². The molecule has 1 heterocycles. The van der Waals surface area contributed by atoms with Crippen molar-refractivity contribution in [2.45, 2.75) is 19.5 Å². The molecule has 1 aliphatic heterocycles. The highest BCUT2D eigenvalue weighted by Crippen LogP contribution is 2.37. The minimum atomic E-state index is 0.223. The lowest BCUT2D eigenvalue weighted by Crippen LogP contribution is -2.23. The van der Waals surface area contributed by atoms with E-state index in [9.17, 15) is 0 Å². The summed E-state index contributed by atoms with van der Waals surface area (Å²) in [5.41, 5.74) is 2.35. The molecule has 3 rings (SSSR count). The summed E-state index contributed by atoms with van der Waals surface area (Å²) < 4.78 is 17.8. The standard InChI is InChI=1S/C19H22BrNO3/c1-13(15-6-4-5-7-17(15)22-3)21(2)12-14-10-18-19(11-16(14)20)24-9-8-23-18/h4-7,10-11,13H,8-9,12H2,1-3H3. The number of rotatable bonds is 5. The number of fused-ring (bicyclic) bond motifs is 1. The summed E-state index contributed by atoms with van der Waals surface area (Å²) in [4.78, 5) is 2.29. The first-order valence-corrected chi connectivity index (χ1v) is 8.80. The number of hydrogen-bond acceptors (Lipinski definition) is 4. The number of nitrogens with zero attached hydrogens (tertiary/aromatic N) is 1. The van der Waals surface area contributed by atoms with Crippen LogP contribution in [0.4, 0.5) is 0 Å². The van der Waals surface area contributed by atoms with Crippen LogP contribution in [0.1, 0.15) is 24.1 Å². The topological polar surface area (TPSA) is 30.9 Å². The van der Waals surface area contributed by atoms with Crippen molar-refractivity contribution in [1.82, 2.24) is 4.90 Å². The van der Waals surface area contributed by atoms with E-state index >= 15 is 0 Å². The number of halogens is 1. The maximum absolute atomic E-state index is 5.70. The molecule has 1 atom stereocenters. The first kappa shape index (κ1) is 17.1. The molecule has 128 valence electrons. The van der Waals surface area contributed by atoms with Crippen LogP contribution in [0.3, 0.4) is 0 Å². The monoisotopic (exact) mass is 391 g/mol. The molecule has 0 aliphatic carbocycles. The normalized spacial score (nSPS) is 14.5. The molecule has 24 heavy (non-hydrogen) atoms. The molecule has 0 radical (unpaired) electrons. The summed E-state index contributed by atoms with van der Waals surface area (Å²) >= 11 is 3.65. The molecule has 2 aromatic carbocycles. The van der Waals surface area contributed by atoms with Crippen molar-refractivity contribution < 1.29 is 14.2 Å². The zero-order valence-corrected chi connectivity index (χ0v) is 15.8. The molecule has 0 fully saturated rings. The Balaban J connectivity index is 1.80. The largest absolute Gasteiger partial charge is 0.496 e. The van der Waals surface area contributed by atoms with Gasteiger partial charge in [0, 0.05) is 22.6 Å². The van der Waals surface area contributed by atoms with E-state index in [0.29, 0.717) is 13.2 Å². The number of benzene rings is 2. The van der Waals surface area contributed by atoms with Gasteiger partial charge in [-0.2, -0.15) is 0 Å². The molecule has 0 N–H and O–H groups in total. The van der Waals surface area contributed by atoms with Gasteiger partial charge in [-0.3, -0.25) is 4.90 Å². The minimum Gasteiger partial charge on any atom is -0.496 e. The maximum Gasteiger partial charge on any atom is 0.162 e. The number of ether oxygens (including phenoxy) is 3. The SMILES string of the molecule is COc1ccccc1C(C)N(C)Cc1cc2c(cc1Br)OCCO2. The molecule has 5 heteroatoms. The van der Waals surface area contributed by atoms with Crippen molar-refractivity contribution in [2.24, 2.45) is 0 Å². The van der Waals surface area contributed by atoms with Crippen LogP contribution in [0.25, 0.3) is 0 Å². The van der Waals surface area contributed by atoms with E-state index in [1.807, 2.05) is 24.3 Å². The molecular formula is C19H22BrNO3. The first-order valence-electron chi connectivity index (χ1n) is 8.01. The number of methoxy groups -OCH3 is 1. The van der Waals surface area contributed by atoms with E-state index in [4.69, 9.17) is 14.2 Å². The first-order chi connectivity index (χ1) is 11.6. The zero-order chi connectivity index (χ0) is 17.1. The van der Waals surface area contributed by atoms with Gasteiger partial charge >= 0.3 is 0 Å². The summed E-state index contributed by atoms with van der Waals surface area (Å²) in [6, 6.07) is 12.4. The van der Waals surface area contributed by atoms with Crippen molar-refractivity contribution in [3.05, 3.63) is 52.0 Å². The van der Waals surface area contributed by atoms with Crippen LogP contribution in [0, 0.1) is 0 Å². The Hall–Kier alpha value is -1.72. The van der Waals surface area contributed by atoms with Crippen molar-refractivity contribution in [1.29, 1.82) is 0 Å². The van der Waals surface area contributed by atoms with Gasteiger partial charge in [0.25, 0.3) is 0 Å². The van der Waals surface area contributed by atoms with Gasteiger partial charge in [-0.05, 0) is 37.7 Å². The van der Waals surface area contributed by atoms with Crippen LogP contribution >= 0.6 is 15.9 Å². The summed E-state index contributed by atoms with van der Waals surface area (Å²) in [5.74, 6) is 2.54. The second kappa shape index (κ2) is 7.45. The predicted molar refractivity (Wildman–Crippen MR) is 98.0 cm³/mol. The van der Waals surface area contributed by atoms with E-state index in [2.05, 4.69) is 46.9 Å². The molecule has 0 saturated heterocycles. The molecule has 0 bridgehead atoms. The fourth-order valence-corrected chi connectivity index (χ4v) is 3.33. The smallest absolute Gasteiger partial charge is 0.162 e. The second-order valence-electron chi connectivity index (χ2n) is 5.92. The Labute approximate surface area is 151 Å². The molecule has 0 amide bonds. The number of para-hydroxylation sites is 1. The third kappa shape index (κ3) is 3.52. The van der Waals surface area contributed by atoms with E-state index in [1.165, 1.54) is 11.1 Å². The summed E-state index contributed by atoms with van der Waals surface area (Å²) in [7, 11) is 3.82. The summed E-state index contributed by atoms with van der Waals surface area (Å²) in [6.45, 7) is 4.17. The molecular weight excluding hydrogens is 370 g/mol. The Kier molecular flexibility index (Phi) is 5.31. The van der Waals surface area contributed by atoms with Gasteiger partial charge in [0.15, 0.2) is 11.5 Å². The van der Waals surface area contributed by atoms with E-state index in [-0.39, 0.29) is 6.04 Å². The van der Waals surface area contributed by atoms with Gasteiger partial charge in [0.05, 0.1) is 7.11 Å². The predicted octanol–water partition coefficient (Wildman–Crippen LogP) is 4.42. The van der Waals surface area contributed by atoms with Crippen LogP contribution in [-0.4, -0.2) is 32.3 Å². The van der Waals surface area contributed by atoms with Gasteiger partial charge in [0.1, 0.15) is 19.0 Å². The molecule has 1 unspecified atom stereocenters. The molecule has 0 saturated carbocycles. The van der Waals surface area contributed by atoms with Crippen molar-refractivity contribution in [3.8, 4) is 17.2 Å². The highest BCUT2D eigenvalue weighted by atomic mass is 79.9. The summed E-state index contributed by atoms with van der Waals surface area (Å²) in [5, 5.41) is 0. The van der Waals surface area contributed by atoms with Gasteiger partial charge in [-0.1, -0.05) is 34.1 Å². The third-order valence-electron chi connectivity index (χ3n) is 4.38. The van der Waals surface area contributed by atoms with Crippen molar-refractivity contribution >= 4 is 15.9 Å². The average Bonchev–Trinajstić information content (AvgIpc) is 2.61. The van der Waals surface area contributed by atoms with Crippen molar-refractivity contribution in [2.75, 3.05) is 27.4 Å². The fraction of sp³-hybridized carbons (Fsp3) is 0.368. The van der Waals surface area contributed by atoms with Gasteiger partial charge < -0.3 is 14.2 Å². The molecule has 4 nitrogen and oxygen atoms in total. The van der Waals surface area contributed by atoms with Crippen LogP contribution < -0.4 is 14.2 Å². The lowest BCUT2D eigenvalue weighted by molar-refractivity contribution is 0.170. The fourth-order valence-electron chi connectivity index (χ4n) is 2.88. The van der Waals surface area contributed by atoms with Crippen LogP contribution in [0.15, 0.2) is 40.9 Å². The molecule has 1 aliphatic rings. The Bertz CT molecular complexity index is 720. The molecule has 2 aromatic rings. The average molecular weight is 392 g/mol. The van der Waals surface area contributed by atoms with Crippen LogP contribution in [0.2, 0.25) is 0 Å². The Morgan fingerprint density at radius 2 is 1.83 bits per heavy atom. The zero-order valence-electron chi connectivity index (χ0n) is 14.2. The van der Waals surface area contributed by atoms with Crippen LogP contribution in [-0.2, 0) is 6.54 Å². The maximum atomic E-state index is 5.70. The Morgan fingerprint density at radius 3 is 2.54 bits per heavy atom. The van der Waals surface area contributed by atoms with E-state index in [1.54, 1.807) is 7.11 Å². The second-order valence-corrected chi connectivity index (χ2v) is 6.77. The highest BCUT2D eigenvalue weighted by molar-refractivity contribution is 9.10. The lowest BCUT2D eigenvalue weighted by atomic mass is 10.1. The van der Waals surface area contributed by atoms with E-state index in [0.717, 1.165) is 28.3 Å². The van der Waals surface area contributed by atoms with Gasteiger partial charge in [0.2, 0.25) is 0 Å². The third-order valence-corrected chi connectivity index (χ3v) is 5.12. The highest BCUT2D eigenvalue weighted by Gasteiger charge is 2.19. The number of hydrogen-bond donors (Lipinski definition) is 0. The van der Waals surface area contributed by atoms with Crippen molar-refractivity contribution in [3.63, 3.8) is 0 Å². The summed E-state index contributed by atoms with van der Waals surface area (Å²) in [6.07, 6.45) is 0. The quantitative estimate of drug-likeness (QED) is 0.754. The molecule has 0 aromatic heterocycles. The lowest BCUT2D eigenvalue weighted by Gasteiger charge is -2.27. The van der Waals surface area contributed by atoms with E-state index < -0.39 is 0 Å². The molecule has 0 spiro atoms. The van der Waals surface area contributed by atoms with Crippen LogP contribution in [0.5, 0.6) is 17.2 Å². The minimum absolute atomic E-state index is 0.223. The Morgan fingerprint density at radius 1 is 1.17 bits per heavy atom.